The minimum absolute atomic E-state index is 0.0782. The molecular formula is C40H37N3O10S. The van der Waals surface area contributed by atoms with E-state index < -0.39 is 32.9 Å². The number of hydrogen-bond donors (Lipinski definition) is 0. The fraction of sp³-hybridized carbons (Fsp3) is 0.200. The number of esters is 1. The lowest BCUT2D eigenvalue weighted by Gasteiger charge is -2.39. The number of piperazine rings is 1. The molecule has 0 saturated carbocycles. The molecule has 54 heavy (non-hydrogen) atoms. The van der Waals surface area contributed by atoms with Gasteiger partial charge in [0.05, 0.1) is 16.9 Å². The Morgan fingerprint density at radius 1 is 0.722 bits per heavy atom. The van der Waals surface area contributed by atoms with Gasteiger partial charge in [-0.1, -0.05) is 91.0 Å². The molecule has 1 heterocycles. The molecule has 1 amide bonds. The van der Waals surface area contributed by atoms with Gasteiger partial charge in [0.15, 0.2) is 11.5 Å². The molecule has 0 aliphatic carbocycles. The second-order valence-corrected chi connectivity index (χ2v) is 14.2. The molecule has 278 valence electrons. The van der Waals surface area contributed by atoms with Crippen molar-refractivity contribution >= 4 is 27.6 Å². The van der Waals surface area contributed by atoms with Gasteiger partial charge in [-0.3, -0.25) is 19.7 Å². The Labute approximate surface area is 312 Å². The number of rotatable bonds is 14. The first-order valence-corrected chi connectivity index (χ1v) is 18.4. The van der Waals surface area contributed by atoms with Gasteiger partial charge in [0.1, 0.15) is 25.9 Å². The molecule has 6 rings (SSSR count). The number of nitrogens with zero attached hydrogens (tertiary/aromatic N) is 3. The fourth-order valence-corrected chi connectivity index (χ4v) is 7.44. The third kappa shape index (κ3) is 8.85. The summed E-state index contributed by atoms with van der Waals surface area (Å²) in [5.41, 5.74) is 2.52. The Morgan fingerprint density at radius 3 is 1.67 bits per heavy atom. The Bertz CT molecular complexity index is 2120. The second-order valence-electron chi connectivity index (χ2n) is 12.3. The van der Waals surface area contributed by atoms with E-state index in [2.05, 4.69) is 0 Å². The van der Waals surface area contributed by atoms with E-state index in [4.69, 9.17) is 18.9 Å². The molecule has 13 nitrogen and oxygen atoms in total. The molecule has 0 spiro atoms. The van der Waals surface area contributed by atoms with Gasteiger partial charge in [-0.05, 0) is 41.0 Å². The zero-order valence-corrected chi connectivity index (χ0v) is 30.1. The van der Waals surface area contributed by atoms with Crippen LogP contribution in [0.1, 0.15) is 27.0 Å². The zero-order chi connectivity index (χ0) is 38.1. The van der Waals surface area contributed by atoms with Gasteiger partial charge in [0.2, 0.25) is 15.8 Å². The Morgan fingerprint density at radius 2 is 1.20 bits per heavy atom. The van der Waals surface area contributed by atoms with Crippen LogP contribution in [0.25, 0.3) is 0 Å². The monoisotopic (exact) mass is 751 g/mol. The Kier molecular flexibility index (Phi) is 11.8. The van der Waals surface area contributed by atoms with E-state index in [0.29, 0.717) is 0 Å². The molecule has 1 saturated heterocycles. The van der Waals surface area contributed by atoms with Crippen LogP contribution in [0.4, 0.5) is 5.69 Å². The summed E-state index contributed by atoms with van der Waals surface area (Å²) < 4.78 is 52.3. The highest BCUT2D eigenvalue weighted by Crippen LogP contribution is 2.41. The van der Waals surface area contributed by atoms with Crippen LogP contribution in [0.5, 0.6) is 17.2 Å². The van der Waals surface area contributed by atoms with Crippen molar-refractivity contribution in [1.82, 2.24) is 9.21 Å². The quantitative estimate of drug-likeness (QED) is 0.0748. The van der Waals surface area contributed by atoms with Crippen molar-refractivity contribution in [3.8, 4) is 17.2 Å². The van der Waals surface area contributed by atoms with Crippen LogP contribution < -0.4 is 14.2 Å². The summed E-state index contributed by atoms with van der Waals surface area (Å²) >= 11 is 0. The molecule has 5 aromatic rings. The van der Waals surface area contributed by atoms with E-state index in [9.17, 15) is 28.1 Å². The summed E-state index contributed by atoms with van der Waals surface area (Å²) in [4.78, 5) is 39.0. The van der Waals surface area contributed by atoms with Crippen LogP contribution in [-0.2, 0) is 39.4 Å². The molecule has 0 N–H and O–H groups in total. The number of methoxy groups -OCH3 is 1. The maximum Gasteiger partial charge on any atom is 0.326 e. The molecule has 1 unspecified atom stereocenters. The maximum absolute atomic E-state index is 14.3. The van der Waals surface area contributed by atoms with Crippen molar-refractivity contribution < 1.29 is 41.9 Å². The number of amides is 1. The van der Waals surface area contributed by atoms with E-state index in [-0.39, 0.29) is 72.8 Å². The van der Waals surface area contributed by atoms with E-state index in [1.165, 1.54) is 4.90 Å². The summed E-state index contributed by atoms with van der Waals surface area (Å²) in [6.45, 7) is -0.166. The number of nitro groups is 1. The minimum atomic E-state index is -4.32. The van der Waals surface area contributed by atoms with Crippen LogP contribution in [0.3, 0.4) is 0 Å². The van der Waals surface area contributed by atoms with E-state index in [1.807, 2.05) is 91.0 Å². The van der Waals surface area contributed by atoms with Crippen molar-refractivity contribution in [3.05, 3.63) is 160 Å². The van der Waals surface area contributed by atoms with Gasteiger partial charge >= 0.3 is 5.97 Å². The van der Waals surface area contributed by atoms with Crippen LogP contribution in [0, 0.1) is 10.1 Å². The lowest BCUT2D eigenvalue weighted by atomic mass is 10.1. The van der Waals surface area contributed by atoms with Crippen molar-refractivity contribution in [2.75, 3.05) is 26.7 Å². The number of carbonyl (C=O) groups excluding carboxylic acids is 2. The van der Waals surface area contributed by atoms with Gasteiger partial charge in [0.25, 0.3) is 11.6 Å². The highest BCUT2D eigenvalue weighted by molar-refractivity contribution is 7.89. The molecule has 0 aromatic heterocycles. The van der Waals surface area contributed by atoms with Crippen LogP contribution >= 0.6 is 0 Å². The molecule has 1 aliphatic rings. The summed E-state index contributed by atoms with van der Waals surface area (Å²) in [6.07, 6.45) is 0. The third-order valence-electron chi connectivity index (χ3n) is 8.71. The van der Waals surface area contributed by atoms with Crippen LogP contribution in [0.15, 0.2) is 132 Å². The molecule has 1 atom stereocenters. The largest absolute Gasteiger partial charge is 0.485 e. The zero-order valence-electron chi connectivity index (χ0n) is 29.3. The second kappa shape index (κ2) is 17.1. The van der Waals surface area contributed by atoms with Gasteiger partial charge in [-0.25, -0.2) is 8.42 Å². The van der Waals surface area contributed by atoms with E-state index >= 15 is 0 Å². The summed E-state index contributed by atoms with van der Waals surface area (Å²) in [5, 5.41) is 11.1. The molecule has 1 fully saturated rings. The number of hydrogen-bond acceptors (Lipinski definition) is 10. The first kappa shape index (κ1) is 37.5. The first-order chi connectivity index (χ1) is 26.1. The topological polar surface area (TPSA) is 155 Å². The molecule has 1 aliphatic heterocycles. The van der Waals surface area contributed by atoms with Gasteiger partial charge in [-0.15, -0.1) is 0 Å². The highest BCUT2D eigenvalue weighted by atomic mass is 32.2. The highest BCUT2D eigenvalue weighted by Gasteiger charge is 2.42. The average Bonchev–Trinajstić information content (AvgIpc) is 3.21. The standard InChI is InChI=1S/C40H37N3O10S/c1-50-40(45)35-25-41(21-22-42(35)54(48,49)34-19-17-33(18-20-34)43(46)47)39(44)32-23-36(51-26-29-11-5-2-6-12-29)38(53-28-31-15-9-4-10-16-31)37(24-32)52-27-30-13-7-3-8-14-30/h2-20,23-24,35H,21-22,25-28H2,1H3. The van der Waals surface area contributed by atoms with Crippen molar-refractivity contribution in [1.29, 1.82) is 0 Å². The lowest BCUT2D eigenvalue weighted by Crippen LogP contribution is -2.59. The predicted octanol–water partition coefficient (Wildman–Crippen LogP) is 6.02. The first-order valence-electron chi connectivity index (χ1n) is 17.0. The summed E-state index contributed by atoms with van der Waals surface area (Å²) in [7, 11) is -3.20. The number of ether oxygens (including phenoxy) is 4. The minimum Gasteiger partial charge on any atom is -0.485 e. The van der Waals surface area contributed by atoms with Crippen molar-refractivity contribution in [2.24, 2.45) is 0 Å². The third-order valence-corrected chi connectivity index (χ3v) is 10.6. The Hall–Kier alpha value is -6.25. The van der Waals surface area contributed by atoms with E-state index in [1.54, 1.807) is 12.1 Å². The number of nitro benzene ring substituents is 1. The van der Waals surface area contributed by atoms with Gasteiger partial charge in [0, 0.05) is 37.3 Å². The summed E-state index contributed by atoms with van der Waals surface area (Å²) in [5.74, 6) is -0.615. The molecule has 5 aromatic carbocycles. The molecule has 0 radical (unpaired) electrons. The maximum atomic E-state index is 14.3. The average molecular weight is 752 g/mol. The van der Waals surface area contributed by atoms with Gasteiger partial charge in [-0.2, -0.15) is 4.31 Å². The Balaban J connectivity index is 1.33. The van der Waals surface area contributed by atoms with Crippen LogP contribution in [-0.4, -0.2) is 67.2 Å². The molecule has 14 heteroatoms. The van der Waals surface area contributed by atoms with Gasteiger partial charge < -0.3 is 23.8 Å². The summed E-state index contributed by atoms with van der Waals surface area (Å²) in [6, 6.07) is 34.6. The predicted molar refractivity (Wildman–Crippen MR) is 197 cm³/mol. The number of sulfonamides is 1. The van der Waals surface area contributed by atoms with E-state index in [0.717, 1.165) is 52.4 Å². The lowest BCUT2D eigenvalue weighted by molar-refractivity contribution is -0.384. The fourth-order valence-electron chi connectivity index (χ4n) is 5.88. The number of non-ortho nitro benzene ring substituents is 1. The molecule has 0 bridgehead atoms. The normalized spacial score (nSPS) is 14.5. The number of benzene rings is 5. The number of carbonyl (C=O) groups is 2. The smallest absolute Gasteiger partial charge is 0.326 e. The SMILES string of the molecule is COC(=O)C1CN(C(=O)c2cc(OCc3ccccc3)c(OCc3ccccc3)c(OCc3ccccc3)c2)CCN1S(=O)(=O)c1ccc([N+](=O)[O-])cc1. The van der Waals surface area contributed by atoms with Crippen molar-refractivity contribution in [3.63, 3.8) is 0 Å². The molecular weight excluding hydrogens is 715 g/mol. The van der Waals surface area contributed by atoms with Crippen LogP contribution in [0.2, 0.25) is 0 Å². The van der Waals surface area contributed by atoms with Crippen molar-refractivity contribution in [2.45, 2.75) is 30.8 Å².